The highest BCUT2D eigenvalue weighted by atomic mass is 16.3. The van der Waals surface area contributed by atoms with Crippen LogP contribution in [-0.4, -0.2) is 39.7 Å². The molecule has 1 amide bonds. The summed E-state index contributed by atoms with van der Waals surface area (Å²) in [5.41, 5.74) is -0.0620. The monoisotopic (exact) mass is 545 g/mol. The van der Waals surface area contributed by atoms with Crippen LogP contribution in [0.15, 0.2) is 41.0 Å². The first-order valence-electron chi connectivity index (χ1n) is 14.0. The summed E-state index contributed by atoms with van der Waals surface area (Å²) in [6.07, 6.45) is 5.52. The fourth-order valence-electron chi connectivity index (χ4n) is 7.08. The molecule has 40 heavy (non-hydrogen) atoms. The van der Waals surface area contributed by atoms with E-state index in [0.717, 1.165) is 5.57 Å². The smallest absolute Gasteiger partial charge is 0.224 e. The van der Waals surface area contributed by atoms with Crippen molar-refractivity contribution in [2.75, 3.05) is 0 Å². The molecule has 2 N–H and O–H groups in total. The van der Waals surface area contributed by atoms with Gasteiger partial charge in [0.15, 0.2) is 23.1 Å². The largest absolute Gasteiger partial charge is 0.507 e. The number of aryl methyl sites for hydroxylation is 1. The lowest BCUT2D eigenvalue weighted by molar-refractivity contribution is -0.124. The highest BCUT2D eigenvalue weighted by Crippen LogP contribution is 2.49. The molecule has 0 aromatic heterocycles. The van der Waals surface area contributed by atoms with E-state index in [9.17, 15) is 29.1 Å². The Morgan fingerprint density at radius 1 is 0.975 bits per heavy atom. The molecule has 1 aromatic carbocycles. The summed E-state index contributed by atoms with van der Waals surface area (Å²) in [6.45, 7) is 14.4. The molecule has 1 saturated heterocycles. The molecular weight excluding hydrogens is 506 g/mol. The van der Waals surface area contributed by atoms with Crippen molar-refractivity contribution in [1.29, 1.82) is 0 Å². The number of hydrogen-bond donors (Lipinski definition) is 2. The lowest BCUT2D eigenvalue weighted by Gasteiger charge is -2.41. The Hall–Kier alpha value is -3.61. The van der Waals surface area contributed by atoms with Gasteiger partial charge in [-0.1, -0.05) is 51.5 Å². The van der Waals surface area contributed by atoms with E-state index in [-0.39, 0.29) is 58.0 Å². The van der Waals surface area contributed by atoms with Crippen LogP contribution in [0, 0.1) is 36.5 Å². The van der Waals surface area contributed by atoms with Crippen molar-refractivity contribution in [2.45, 2.75) is 73.8 Å². The van der Waals surface area contributed by atoms with Gasteiger partial charge in [0.05, 0.1) is 5.56 Å². The van der Waals surface area contributed by atoms with E-state index >= 15 is 0 Å². The third-order valence-corrected chi connectivity index (χ3v) is 8.68. The maximum atomic E-state index is 14.5. The molecule has 0 saturated carbocycles. The van der Waals surface area contributed by atoms with Gasteiger partial charge in [0, 0.05) is 35.3 Å². The number of hydrogen-bond acceptors (Lipinski definition) is 6. The number of amides is 1. The summed E-state index contributed by atoms with van der Waals surface area (Å²) in [7, 11) is 0. The summed E-state index contributed by atoms with van der Waals surface area (Å²) >= 11 is 0. The van der Waals surface area contributed by atoms with E-state index in [1.165, 1.54) is 6.07 Å². The molecule has 4 bridgehead atoms. The highest BCUT2D eigenvalue weighted by Gasteiger charge is 2.63. The van der Waals surface area contributed by atoms with E-state index in [4.69, 9.17) is 0 Å². The Labute approximate surface area is 235 Å². The van der Waals surface area contributed by atoms with Crippen LogP contribution in [-0.2, 0) is 9.59 Å². The average molecular weight is 546 g/mol. The van der Waals surface area contributed by atoms with Crippen LogP contribution in [0.25, 0.3) is 0 Å². The lowest BCUT2D eigenvalue weighted by atomic mass is 9.61. The Bertz CT molecular complexity index is 1440. The van der Waals surface area contributed by atoms with E-state index < -0.39 is 40.6 Å². The first-order chi connectivity index (χ1) is 18.6. The van der Waals surface area contributed by atoms with E-state index in [0.29, 0.717) is 17.6 Å². The molecule has 5 atom stereocenters. The maximum absolute atomic E-state index is 14.5. The van der Waals surface area contributed by atoms with Crippen LogP contribution < -0.4 is 5.32 Å². The summed E-state index contributed by atoms with van der Waals surface area (Å²) in [5, 5.41) is 13.9. The highest BCUT2D eigenvalue weighted by molar-refractivity contribution is 6.26. The Kier molecular flexibility index (Phi) is 7.65. The predicted octanol–water partition coefficient (Wildman–Crippen LogP) is 5.49. The molecule has 7 nitrogen and oxygen atoms in total. The molecule has 1 aliphatic heterocycles. The molecule has 3 aliphatic carbocycles. The number of allylic oxidation sites excluding steroid dienone is 6. The van der Waals surface area contributed by atoms with Crippen molar-refractivity contribution >= 4 is 29.0 Å². The number of nitrogens with one attached hydrogen (secondary N) is 1. The number of Topliss-reactive ketones (excluding diaryl/α,β-unsaturated/α-hetero) is 4. The van der Waals surface area contributed by atoms with E-state index in [1.807, 2.05) is 39.8 Å². The Morgan fingerprint density at radius 3 is 2.25 bits per heavy atom. The van der Waals surface area contributed by atoms with Crippen LogP contribution in [0.4, 0.5) is 0 Å². The zero-order valence-corrected chi connectivity index (χ0v) is 24.6. The zero-order valence-electron chi connectivity index (χ0n) is 24.6. The maximum Gasteiger partial charge on any atom is 0.224 e. The molecule has 1 fully saturated rings. The van der Waals surface area contributed by atoms with Gasteiger partial charge in [0.1, 0.15) is 11.3 Å². The van der Waals surface area contributed by atoms with Crippen LogP contribution in [0.2, 0.25) is 0 Å². The van der Waals surface area contributed by atoms with Gasteiger partial charge >= 0.3 is 0 Å². The number of phenolic OH excluding ortho intramolecular Hbond substituents is 1. The minimum atomic E-state index is -1.62. The number of rotatable bonds is 2. The summed E-state index contributed by atoms with van der Waals surface area (Å²) < 4.78 is 0. The van der Waals surface area contributed by atoms with Crippen molar-refractivity contribution in [1.82, 2.24) is 5.32 Å². The summed E-state index contributed by atoms with van der Waals surface area (Å²) in [4.78, 5) is 69.5. The second-order valence-electron chi connectivity index (χ2n) is 12.4. The predicted molar refractivity (Wildman–Crippen MR) is 152 cm³/mol. The van der Waals surface area contributed by atoms with Crippen molar-refractivity contribution in [3.05, 3.63) is 63.3 Å². The Balaban J connectivity index is 2.08. The first kappa shape index (κ1) is 29.4. The number of carbonyl (C=O) groups excluding carboxylic acids is 5. The molecule has 1 aromatic rings. The van der Waals surface area contributed by atoms with Gasteiger partial charge in [-0.2, -0.15) is 0 Å². The second kappa shape index (κ2) is 10.4. The standard InChI is InChI=1S/C33H39NO6/c1-15(2)9-23-27-21(8)28(36)18(5)11-16(3)10-17(4)12-19(6)29(37)26-25-22(13-20(7)30(26)38)31(39)33(27,14-24(25)35)34-32(23)40/h10-13,15-16,21,23,27,38H,9,14H2,1-8H3,(H,34,40)/b17-10-,18-11+,19-12+/t16-,21-,23-,27-,33+/m1/s1. The number of fused-ring (bicyclic) bond motifs is 7. The number of aromatic hydroxyl groups is 1. The number of carbonyl (C=O) groups is 5. The first-order valence-corrected chi connectivity index (χ1v) is 14.0. The second-order valence-corrected chi connectivity index (χ2v) is 12.4. The lowest BCUT2D eigenvalue weighted by Crippen LogP contribution is -2.59. The van der Waals surface area contributed by atoms with Crippen LogP contribution in [0.1, 0.15) is 97.9 Å². The topological polar surface area (TPSA) is 118 Å². The van der Waals surface area contributed by atoms with Crippen LogP contribution in [0.3, 0.4) is 0 Å². The molecule has 4 aliphatic rings. The van der Waals surface area contributed by atoms with E-state index in [2.05, 4.69) is 5.32 Å². The van der Waals surface area contributed by atoms with Gasteiger partial charge in [-0.3, -0.25) is 24.0 Å². The molecular formula is C33H39NO6. The van der Waals surface area contributed by atoms with Gasteiger partial charge in [-0.25, -0.2) is 0 Å². The fourth-order valence-corrected chi connectivity index (χ4v) is 7.08. The van der Waals surface area contributed by atoms with Crippen molar-refractivity contribution in [2.24, 2.45) is 29.6 Å². The zero-order chi connectivity index (χ0) is 29.8. The third-order valence-electron chi connectivity index (χ3n) is 8.68. The third kappa shape index (κ3) is 4.69. The summed E-state index contributed by atoms with van der Waals surface area (Å²) in [5.74, 6) is -4.57. The van der Waals surface area contributed by atoms with Crippen molar-refractivity contribution < 1.29 is 29.1 Å². The number of phenols is 1. The van der Waals surface area contributed by atoms with E-state index in [1.54, 1.807) is 33.8 Å². The minimum absolute atomic E-state index is 0.00177. The number of ketones is 4. The van der Waals surface area contributed by atoms with Crippen LogP contribution in [0.5, 0.6) is 5.75 Å². The van der Waals surface area contributed by atoms with Crippen molar-refractivity contribution in [3.63, 3.8) is 0 Å². The molecule has 1 spiro atoms. The molecule has 0 radical (unpaired) electrons. The minimum Gasteiger partial charge on any atom is -0.507 e. The van der Waals surface area contributed by atoms with Gasteiger partial charge in [0.2, 0.25) is 5.91 Å². The summed E-state index contributed by atoms with van der Waals surface area (Å²) in [6, 6.07) is 1.42. The average Bonchev–Trinajstić information content (AvgIpc) is 3.12. The molecule has 7 heteroatoms. The fraction of sp³-hybridized carbons (Fsp3) is 0.485. The van der Waals surface area contributed by atoms with Crippen molar-refractivity contribution in [3.8, 4) is 5.75 Å². The SMILES string of the molecule is CC1=C/[C@@H](C)/C=C(\C)C(=O)[C@H](C)[C@@H]2[C@@H](CC(C)C)C(=O)N[C@@]23CC(=O)c2c(cc(C)c(O)c2C(=O)\C(C)=C\1)C3=O. The Morgan fingerprint density at radius 2 is 1.62 bits per heavy atom. The number of benzene rings is 1. The van der Waals surface area contributed by atoms with Gasteiger partial charge in [0.25, 0.3) is 0 Å². The van der Waals surface area contributed by atoms with Crippen LogP contribution >= 0.6 is 0 Å². The quantitative estimate of drug-likeness (QED) is 0.507. The molecule has 212 valence electrons. The molecule has 5 rings (SSSR count). The van der Waals surface area contributed by atoms with Gasteiger partial charge in [-0.15, -0.1) is 0 Å². The molecule has 0 unspecified atom stereocenters. The molecule has 1 heterocycles. The normalized spacial score (nSPS) is 33.2. The van der Waals surface area contributed by atoms with Gasteiger partial charge in [-0.05, 0) is 68.7 Å². The van der Waals surface area contributed by atoms with Gasteiger partial charge < -0.3 is 10.4 Å².